The minimum atomic E-state index is -0.0669. The van der Waals surface area contributed by atoms with Crippen molar-refractivity contribution in [1.82, 2.24) is 20.3 Å². The molecule has 0 bridgehead atoms. The largest absolute Gasteiger partial charge is 0.463 e. The molecule has 0 fully saturated rings. The fourth-order valence-corrected chi connectivity index (χ4v) is 1.34. The molecule has 1 aromatic heterocycles. The van der Waals surface area contributed by atoms with Crippen LogP contribution >= 0.6 is 0 Å². The molecule has 0 saturated heterocycles. The molecule has 3 N–H and O–H groups in total. The number of carbonyl (C=O) groups is 1. The summed E-state index contributed by atoms with van der Waals surface area (Å²) in [7, 11) is 0. The lowest BCUT2D eigenvalue weighted by molar-refractivity contribution is -0.118. The Hall–Kier alpha value is -2.12. The molecule has 8 heteroatoms. The molecule has 1 amide bonds. The zero-order valence-corrected chi connectivity index (χ0v) is 12.2. The monoisotopic (exact) mass is 282 g/mol. The molecular formula is C12H22N6O2. The number of nitrogens with zero attached hydrogens (tertiary/aromatic N) is 3. The molecule has 0 saturated carbocycles. The second kappa shape index (κ2) is 8.89. The normalized spacial score (nSPS) is 9.95. The van der Waals surface area contributed by atoms with Crippen molar-refractivity contribution in [1.29, 1.82) is 0 Å². The highest BCUT2D eigenvalue weighted by Gasteiger charge is 2.06. The Morgan fingerprint density at radius 2 is 1.80 bits per heavy atom. The molecule has 1 heterocycles. The van der Waals surface area contributed by atoms with Crippen LogP contribution in [0.5, 0.6) is 6.01 Å². The van der Waals surface area contributed by atoms with Crippen molar-refractivity contribution in [3.63, 3.8) is 0 Å². The van der Waals surface area contributed by atoms with Crippen molar-refractivity contribution in [3.8, 4) is 6.01 Å². The molecule has 0 radical (unpaired) electrons. The van der Waals surface area contributed by atoms with Crippen LogP contribution in [0, 0.1) is 0 Å². The maximum atomic E-state index is 10.8. The Kier molecular flexibility index (Phi) is 7.08. The van der Waals surface area contributed by atoms with E-state index in [1.165, 1.54) is 6.92 Å². The van der Waals surface area contributed by atoms with Crippen molar-refractivity contribution in [3.05, 3.63) is 0 Å². The average Bonchev–Trinajstić information content (AvgIpc) is 2.41. The van der Waals surface area contributed by atoms with Gasteiger partial charge in [-0.2, -0.15) is 15.0 Å². The first kappa shape index (κ1) is 15.9. The molecule has 0 atom stereocenters. The Bertz CT molecular complexity index is 426. The van der Waals surface area contributed by atoms with E-state index in [1.807, 2.05) is 13.8 Å². The lowest BCUT2D eigenvalue weighted by Crippen LogP contribution is -2.26. The first-order valence-corrected chi connectivity index (χ1v) is 6.76. The van der Waals surface area contributed by atoms with Crippen LogP contribution in [0.2, 0.25) is 0 Å². The number of rotatable bonds is 9. The van der Waals surface area contributed by atoms with Gasteiger partial charge in [-0.3, -0.25) is 4.79 Å². The van der Waals surface area contributed by atoms with E-state index in [0.29, 0.717) is 44.1 Å². The van der Waals surface area contributed by atoms with Gasteiger partial charge in [0.2, 0.25) is 17.8 Å². The second-order valence-corrected chi connectivity index (χ2v) is 4.05. The number of carbonyl (C=O) groups excluding carboxylic acids is 1. The van der Waals surface area contributed by atoms with Gasteiger partial charge in [-0.25, -0.2) is 0 Å². The second-order valence-electron chi connectivity index (χ2n) is 4.05. The lowest BCUT2D eigenvalue weighted by atomic mass is 10.5. The summed E-state index contributed by atoms with van der Waals surface area (Å²) in [6, 6.07) is 0.292. The van der Waals surface area contributed by atoms with Crippen LogP contribution in [0.15, 0.2) is 0 Å². The third-order valence-corrected chi connectivity index (χ3v) is 2.17. The quantitative estimate of drug-likeness (QED) is 0.571. The van der Waals surface area contributed by atoms with Gasteiger partial charge in [0.05, 0.1) is 6.61 Å². The number of hydrogen-bond donors (Lipinski definition) is 3. The Labute approximate surface area is 118 Å². The summed E-state index contributed by atoms with van der Waals surface area (Å²) in [5.41, 5.74) is 0. The topological polar surface area (TPSA) is 101 Å². The number of anilines is 2. The van der Waals surface area contributed by atoms with E-state index in [1.54, 1.807) is 0 Å². The van der Waals surface area contributed by atoms with Gasteiger partial charge < -0.3 is 20.7 Å². The Morgan fingerprint density at radius 1 is 1.10 bits per heavy atom. The SMILES string of the molecule is CCCOc1nc(NCC)nc(NCCNC(C)=O)n1. The lowest BCUT2D eigenvalue weighted by Gasteiger charge is -2.09. The number of hydrogen-bond acceptors (Lipinski definition) is 7. The van der Waals surface area contributed by atoms with E-state index in [0.717, 1.165) is 6.42 Å². The molecule has 0 aliphatic carbocycles. The predicted molar refractivity (Wildman–Crippen MR) is 77.0 cm³/mol. The van der Waals surface area contributed by atoms with Crippen molar-refractivity contribution < 1.29 is 9.53 Å². The number of aromatic nitrogens is 3. The summed E-state index contributed by atoms with van der Waals surface area (Å²) < 4.78 is 5.42. The minimum Gasteiger partial charge on any atom is -0.463 e. The summed E-state index contributed by atoms with van der Waals surface area (Å²) in [4.78, 5) is 23.3. The first-order valence-electron chi connectivity index (χ1n) is 6.76. The molecule has 20 heavy (non-hydrogen) atoms. The first-order chi connectivity index (χ1) is 9.65. The molecule has 0 aliphatic heterocycles. The molecular weight excluding hydrogens is 260 g/mol. The van der Waals surface area contributed by atoms with Crippen molar-refractivity contribution >= 4 is 17.8 Å². The van der Waals surface area contributed by atoms with Crippen LogP contribution in [-0.4, -0.2) is 47.1 Å². The van der Waals surface area contributed by atoms with Crippen molar-refractivity contribution in [2.24, 2.45) is 0 Å². The number of ether oxygens (including phenoxy) is 1. The van der Waals surface area contributed by atoms with E-state index in [9.17, 15) is 4.79 Å². The van der Waals surface area contributed by atoms with Crippen molar-refractivity contribution in [2.45, 2.75) is 27.2 Å². The highest BCUT2D eigenvalue weighted by atomic mass is 16.5. The molecule has 0 unspecified atom stereocenters. The smallest absolute Gasteiger partial charge is 0.323 e. The van der Waals surface area contributed by atoms with Crippen LogP contribution in [0.1, 0.15) is 27.2 Å². The minimum absolute atomic E-state index is 0.0669. The Balaban J connectivity index is 2.62. The average molecular weight is 282 g/mol. The standard InChI is InChI=1S/C12H22N6O2/c1-4-8-20-12-17-10(13-5-2)16-11(18-12)15-7-6-14-9(3)19/h4-8H2,1-3H3,(H,14,19)(H2,13,15,16,17,18). The maximum absolute atomic E-state index is 10.8. The molecule has 1 rings (SSSR count). The number of amides is 1. The van der Waals surface area contributed by atoms with E-state index >= 15 is 0 Å². The van der Waals surface area contributed by atoms with E-state index in [2.05, 4.69) is 30.9 Å². The fourth-order valence-electron chi connectivity index (χ4n) is 1.34. The van der Waals surface area contributed by atoms with Gasteiger partial charge in [-0.15, -0.1) is 0 Å². The van der Waals surface area contributed by atoms with Crippen LogP contribution in [0.3, 0.4) is 0 Å². The zero-order valence-electron chi connectivity index (χ0n) is 12.2. The highest BCUT2D eigenvalue weighted by Crippen LogP contribution is 2.11. The van der Waals surface area contributed by atoms with Crippen LogP contribution < -0.4 is 20.7 Å². The predicted octanol–water partition coefficient (Wildman–Crippen LogP) is 0.640. The van der Waals surface area contributed by atoms with Gasteiger partial charge in [0, 0.05) is 26.6 Å². The molecule has 1 aromatic rings. The van der Waals surface area contributed by atoms with Gasteiger partial charge in [0.15, 0.2) is 0 Å². The van der Waals surface area contributed by atoms with Crippen LogP contribution in [0.4, 0.5) is 11.9 Å². The van der Waals surface area contributed by atoms with Gasteiger partial charge in [-0.1, -0.05) is 6.92 Å². The fraction of sp³-hybridized carbons (Fsp3) is 0.667. The molecule has 0 aliphatic rings. The number of nitrogens with one attached hydrogen (secondary N) is 3. The van der Waals surface area contributed by atoms with E-state index in [-0.39, 0.29) is 5.91 Å². The molecule has 8 nitrogen and oxygen atoms in total. The van der Waals surface area contributed by atoms with E-state index < -0.39 is 0 Å². The summed E-state index contributed by atoms with van der Waals surface area (Å²) in [5, 5.41) is 8.73. The third-order valence-electron chi connectivity index (χ3n) is 2.17. The maximum Gasteiger partial charge on any atom is 0.323 e. The van der Waals surface area contributed by atoms with E-state index in [4.69, 9.17) is 4.74 Å². The molecule has 112 valence electrons. The summed E-state index contributed by atoms with van der Waals surface area (Å²) >= 11 is 0. The Morgan fingerprint density at radius 3 is 2.40 bits per heavy atom. The molecule has 0 spiro atoms. The van der Waals surface area contributed by atoms with Gasteiger partial charge in [0.25, 0.3) is 0 Å². The van der Waals surface area contributed by atoms with Crippen LogP contribution in [0.25, 0.3) is 0 Å². The third kappa shape index (κ3) is 6.17. The summed E-state index contributed by atoms with van der Waals surface area (Å²) in [5.74, 6) is 0.825. The van der Waals surface area contributed by atoms with Gasteiger partial charge >= 0.3 is 6.01 Å². The highest BCUT2D eigenvalue weighted by molar-refractivity contribution is 5.72. The zero-order chi connectivity index (χ0) is 14.8. The van der Waals surface area contributed by atoms with Crippen LogP contribution in [-0.2, 0) is 4.79 Å². The van der Waals surface area contributed by atoms with Crippen molar-refractivity contribution in [2.75, 3.05) is 36.9 Å². The molecule has 0 aromatic carbocycles. The van der Waals surface area contributed by atoms with Gasteiger partial charge in [0.1, 0.15) is 0 Å². The van der Waals surface area contributed by atoms with Gasteiger partial charge in [-0.05, 0) is 13.3 Å². The summed E-state index contributed by atoms with van der Waals surface area (Å²) in [6.45, 7) is 7.75. The summed E-state index contributed by atoms with van der Waals surface area (Å²) in [6.07, 6.45) is 0.882.